The normalized spacial score (nSPS) is 12.4. The van der Waals surface area contributed by atoms with Gasteiger partial charge < -0.3 is 5.11 Å². The first-order valence-electron chi connectivity index (χ1n) is 5.25. The molecular weight excluding hydrogens is 277 g/mol. The van der Waals surface area contributed by atoms with Crippen LogP contribution in [0.15, 0.2) is 23.1 Å². The number of carboxylic acids is 1. The van der Waals surface area contributed by atoms with E-state index in [0.29, 0.717) is 6.07 Å². The van der Waals surface area contributed by atoms with Gasteiger partial charge in [-0.1, -0.05) is 4.89 Å². The molecule has 0 amide bonds. The van der Waals surface area contributed by atoms with E-state index in [2.05, 4.69) is 0 Å². The van der Waals surface area contributed by atoms with E-state index in [1.807, 2.05) is 0 Å². The van der Waals surface area contributed by atoms with Crippen LogP contribution in [0, 0.1) is 5.82 Å². The number of halogens is 1. The second kappa shape index (κ2) is 5.24. The highest BCUT2D eigenvalue weighted by Crippen LogP contribution is 2.17. The molecule has 1 aromatic carbocycles. The van der Waals surface area contributed by atoms with E-state index in [1.165, 1.54) is 0 Å². The third-order valence-corrected chi connectivity index (χ3v) is 3.14. The molecule has 0 unspecified atom stereocenters. The van der Waals surface area contributed by atoms with Crippen molar-refractivity contribution in [2.75, 3.05) is 0 Å². The Hall–Kier alpha value is -1.51. The molecule has 0 aromatic heterocycles. The van der Waals surface area contributed by atoms with Gasteiger partial charge in [0.05, 0.1) is 11.2 Å². The van der Waals surface area contributed by atoms with E-state index < -0.39 is 32.3 Å². The molecular formula is C11H14FNO5S. The maximum atomic E-state index is 13.6. The average Bonchev–Trinajstić information content (AvgIpc) is 2.25. The van der Waals surface area contributed by atoms with Gasteiger partial charge in [-0.05, 0) is 39.0 Å². The van der Waals surface area contributed by atoms with Crippen LogP contribution < -0.4 is 4.89 Å². The van der Waals surface area contributed by atoms with Crippen LogP contribution in [0.4, 0.5) is 4.39 Å². The molecule has 0 aliphatic carbocycles. The van der Waals surface area contributed by atoms with Crippen LogP contribution in [0.2, 0.25) is 0 Å². The molecule has 0 fully saturated rings. The van der Waals surface area contributed by atoms with Gasteiger partial charge >= 0.3 is 5.97 Å². The number of aromatic carboxylic acids is 1. The van der Waals surface area contributed by atoms with Crippen LogP contribution in [-0.2, 0) is 14.9 Å². The topological polar surface area (TPSA) is 92.7 Å². The number of rotatable bonds is 4. The molecule has 0 spiro atoms. The molecule has 1 aromatic rings. The summed E-state index contributed by atoms with van der Waals surface area (Å²) >= 11 is 0. The summed E-state index contributed by atoms with van der Waals surface area (Å²) in [6, 6.07) is 2.50. The van der Waals surface area contributed by atoms with Crippen molar-refractivity contribution in [1.82, 2.24) is 4.89 Å². The van der Waals surface area contributed by atoms with Gasteiger partial charge in [0.1, 0.15) is 10.7 Å². The molecule has 1 rings (SSSR count). The molecule has 0 radical (unpaired) electrons. The number of benzene rings is 1. The van der Waals surface area contributed by atoms with Crippen molar-refractivity contribution in [3.8, 4) is 0 Å². The zero-order valence-corrected chi connectivity index (χ0v) is 11.4. The highest BCUT2D eigenvalue weighted by Gasteiger charge is 2.23. The zero-order valence-electron chi connectivity index (χ0n) is 10.6. The predicted octanol–water partition coefficient (Wildman–Crippen LogP) is 1.53. The zero-order chi connectivity index (χ0) is 14.8. The van der Waals surface area contributed by atoms with E-state index in [-0.39, 0.29) is 5.56 Å². The molecule has 106 valence electrons. The molecule has 2 N–H and O–H groups in total. The summed E-state index contributed by atoms with van der Waals surface area (Å²) in [6.07, 6.45) is 0. The fourth-order valence-electron chi connectivity index (χ4n) is 1.08. The second-order valence-electron chi connectivity index (χ2n) is 4.75. The third-order valence-electron chi connectivity index (χ3n) is 1.93. The van der Waals surface area contributed by atoms with Gasteiger partial charge in [-0.15, -0.1) is 0 Å². The first-order chi connectivity index (χ1) is 8.53. The number of sulfonamides is 1. The van der Waals surface area contributed by atoms with Gasteiger partial charge in [0, 0.05) is 0 Å². The number of carboxylic acid groups (broad SMARTS) is 1. The minimum Gasteiger partial charge on any atom is -0.478 e. The van der Waals surface area contributed by atoms with Crippen molar-refractivity contribution < 1.29 is 27.5 Å². The Morgan fingerprint density at radius 3 is 2.37 bits per heavy atom. The molecule has 8 heteroatoms. The molecule has 19 heavy (non-hydrogen) atoms. The Bertz CT molecular complexity index is 592. The quantitative estimate of drug-likeness (QED) is 0.821. The maximum Gasteiger partial charge on any atom is 0.335 e. The van der Waals surface area contributed by atoms with Crippen LogP contribution in [-0.4, -0.2) is 25.1 Å². The van der Waals surface area contributed by atoms with Crippen molar-refractivity contribution in [3.05, 3.63) is 29.6 Å². The minimum atomic E-state index is -4.21. The standard InChI is InChI=1S/C11H14FNO5S/c1-11(2,3)18-13-19(16,17)9-5-4-7(10(14)15)6-8(9)12/h4-6,13H,1-3H3,(H,14,15). The molecule has 6 nitrogen and oxygen atoms in total. The summed E-state index contributed by atoms with van der Waals surface area (Å²) in [4.78, 5) is 16.6. The van der Waals surface area contributed by atoms with Crippen LogP contribution in [0.3, 0.4) is 0 Å². The van der Waals surface area contributed by atoms with E-state index in [4.69, 9.17) is 9.94 Å². The summed E-state index contributed by atoms with van der Waals surface area (Å²) in [7, 11) is -4.21. The van der Waals surface area contributed by atoms with Crippen LogP contribution in [0.5, 0.6) is 0 Å². The Morgan fingerprint density at radius 2 is 1.95 bits per heavy atom. The van der Waals surface area contributed by atoms with Gasteiger partial charge in [-0.2, -0.15) is 0 Å². The van der Waals surface area contributed by atoms with Gasteiger partial charge in [0.2, 0.25) is 0 Å². The minimum absolute atomic E-state index is 0.340. The van der Waals surface area contributed by atoms with Crippen LogP contribution in [0.25, 0.3) is 0 Å². The summed E-state index contributed by atoms with van der Waals surface area (Å²) in [6.45, 7) is 4.83. The van der Waals surface area contributed by atoms with Crippen molar-refractivity contribution >= 4 is 16.0 Å². The Kier molecular flexibility index (Phi) is 4.28. The summed E-state index contributed by atoms with van der Waals surface area (Å²) in [5.74, 6) is -2.51. The fraction of sp³-hybridized carbons (Fsp3) is 0.364. The Morgan fingerprint density at radius 1 is 1.37 bits per heavy atom. The number of nitrogens with one attached hydrogen (secondary N) is 1. The SMILES string of the molecule is CC(C)(C)ONS(=O)(=O)c1ccc(C(=O)O)cc1F. The Labute approximate surface area is 110 Å². The number of hydrogen-bond donors (Lipinski definition) is 2. The van der Waals surface area contributed by atoms with Crippen LogP contribution in [0.1, 0.15) is 31.1 Å². The molecule has 0 bridgehead atoms. The first kappa shape index (κ1) is 15.5. The van der Waals surface area contributed by atoms with Crippen molar-refractivity contribution in [2.24, 2.45) is 0 Å². The van der Waals surface area contributed by atoms with Gasteiger partial charge in [-0.3, -0.25) is 4.84 Å². The number of hydrogen-bond acceptors (Lipinski definition) is 4. The monoisotopic (exact) mass is 291 g/mol. The van der Waals surface area contributed by atoms with Crippen molar-refractivity contribution in [1.29, 1.82) is 0 Å². The van der Waals surface area contributed by atoms with Crippen molar-refractivity contribution in [2.45, 2.75) is 31.3 Å². The molecule has 0 heterocycles. The first-order valence-corrected chi connectivity index (χ1v) is 6.74. The fourth-order valence-corrected chi connectivity index (χ4v) is 2.09. The molecule has 0 aliphatic rings. The smallest absolute Gasteiger partial charge is 0.335 e. The highest BCUT2D eigenvalue weighted by atomic mass is 32.2. The van der Waals surface area contributed by atoms with Gasteiger partial charge in [-0.25, -0.2) is 17.6 Å². The van der Waals surface area contributed by atoms with E-state index in [1.54, 1.807) is 25.7 Å². The highest BCUT2D eigenvalue weighted by molar-refractivity contribution is 7.89. The second-order valence-corrected chi connectivity index (χ2v) is 6.36. The molecule has 0 atom stereocenters. The van der Waals surface area contributed by atoms with Crippen molar-refractivity contribution in [3.63, 3.8) is 0 Å². The predicted molar refractivity (Wildman–Crippen MR) is 64.5 cm³/mol. The van der Waals surface area contributed by atoms with Gasteiger partial charge in [0.15, 0.2) is 0 Å². The van der Waals surface area contributed by atoms with E-state index in [9.17, 15) is 17.6 Å². The number of carbonyl (C=O) groups is 1. The van der Waals surface area contributed by atoms with Gasteiger partial charge in [0.25, 0.3) is 10.0 Å². The lowest BCUT2D eigenvalue weighted by Gasteiger charge is -2.19. The third kappa shape index (κ3) is 4.27. The summed E-state index contributed by atoms with van der Waals surface area (Å²) < 4.78 is 37.1. The average molecular weight is 291 g/mol. The summed E-state index contributed by atoms with van der Waals surface area (Å²) in [5, 5.41) is 8.66. The largest absolute Gasteiger partial charge is 0.478 e. The lowest BCUT2D eigenvalue weighted by Crippen LogP contribution is -2.34. The van der Waals surface area contributed by atoms with Crippen LogP contribution >= 0.6 is 0 Å². The lowest BCUT2D eigenvalue weighted by atomic mass is 10.2. The molecule has 0 saturated heterocycles. The van der Waals surface area contributed by atoms with E-state index in [0.717, 1.165) is 12.1 Å². The maximum absolute atomic E-state index is 13.6. The molecule has 0 aliphatic heterocycles. The Balaban J connectivity index is 3.06. The lowest BCUT2D eigenvalue weighted by molar-refractivity contribution is -0.0358. The van der Waals surface area contributed by atoms with E-state index >= 15 is 0 Å². The summed E-state index contributed by atoms with van der Waals surface area (Å²) in [5.41, 5.74) is -1.13. The molecule has 0 saturated carbocycles.